The van der Waals surface area contributed by atoms with E-state index in [-0.39, 0.29) is 5.91 Å². The minimum Gasteiger partial charge on any atom is -0.336 e. The van der Waals surface area contributed by atoms with E-state index in [1.165, 1.54) is 10.6 Å². The Morgan fingerprint density at radius 3 is 2.29 bits per heavy atom. The standard InChI is InChI=1S/C15H22N2O3S/c1-12(2)13-5-4-6-14(11-13)15(18)16-7-9-17(10-8-16)21(3,19)20/h4-6,11-12H,7-10H2,1-3H3. The minimum absolute atomic E-state index is 0.0225. The molecule has 5 nitrogen and oxygen atoms in total. The number of sulfonamides is 1. The third-order valence-corrected chi connectivity index (χ3v) is 5.10. The first-order chi connectivity index (χ1) is 9.79. The highest BCUT2D eigenvalue weighted by Crippen LogP contribution is 2.17. The summed E-state index contributed by atoms with van der Waals surface area (Å²) in [5, 5.41) is 0. The van der Waals surface area contributed by atoms with Crippen LogP contribution in [0.3, 0.4) is 0 Å². The van der Waals surface area contributed by atoms with Gasteiger partial charge in [0.1, 0.15) is 0 Å². The molecule has 2 rings (SSSR count). The molecule has 116 valence electrons. The van der Waals surface area contributed by atoms with Gasteiger partial charge in [-0.25, -0.2) is 8.42 Å². The van der Waals surface area contributed by atoms with Crippen molar-refractivity contribution < 1.29 is 13.2 Å². The third kappa shape index (κ3) is 3.83. The van der Waals surface area contributed by atoms with Crippen LogP contribution in [0, 0.1) is 0 Å². The van der Waals surface area contributed by atoms with Gasteiger partial charge in [0.05, 0.1) is 6.26 Å². The van der Waals surface area contributed by atoms with E-state index in [0.717, 1.165) is 5.56 Å². The number of rotatable bonds is 3. The van der Waals surface area contributed by atoms with Gasteiger partial charge in [-0.2, -0.15) is 4.31 Å². The fourth-order valence-corrected chi connectivity index (χ4v) is 3.26. The van der Waals surface area contributed by atoms with Gasteiger partial charge in [-0.15, -0.1) is 0 Å². The summed E-state index contributed by atoms with van der Waals surface area (Å²) in [6.07, 6.45) is 1.20. The van der Waals surface area contributed by atoms with E-state index in [0.29, 0.717) is 37.7 Å². The molecule has 1 aliphatic rings. The number of carbonyl (C=O) groups excluding carboxylic acids is 1. The van der Waals surface area contributed by atoms with Crippen LogP contribution in [-0.4, -0.2) is 56.0 Å². The number of hydrogen-bond acceptors (Lipinski definition) is 3. The van der Waals surface area contributed by atoms with Gasteiger partial charge in [-0.1, -0.05) is 26.0 Å². The van der Waals surface area contributed by atoms with Crippen LogP contribution in [0.1, 0.15) is 35.7 Å². The first-order valence-electron chi connectivity index (χ1n) is 7.13. The van der Waals surface area contributed by atoms with Gasteiger partial charge in [0.15, 0.2) is 0 Å². The molecular weight excluding hydrogens is 288 g/mol. The normalized spacial score (nSPS) is 17.2. The molecule has 0 radical (unpaired) electrons. The second kappa shape index (κ2) is 6.15. The SMILES string of the molecule is CC(C)c1cccc(C(=O)N2CCN(S(C)(=O)=O)CC2)c1. The van der Waals surface area contributed by atoms with Crippen molar-refractivity contribution in [1.82, 2.24) is 9.21 Å². The topological polar surface area (TPSA) is 57.7 Å². The quantitative estimate of drug-likeness (QED) is 0.850. The molecule has 1 saturated heterocycles. The molecule has 6 heteroatoms. The van der Waals surface area contributed by atoms with Gasteiger partial charge in [0.2, 0.25) is 10.0 Å². The average Bonchev–Trinajstić information content (AvgIpc) is 2.46. The van der Waals surface area contributed by atoms with Crippen molar-refractivity contribution in [3.63, 3.8) is 0 Å². The lowest BCUT2D eigenvalue weighted by Crippen LogP contribution is -2.50. The van der Waals surface area contributed by atoms with E-state index >= 15 is 0 Å². The average molecular weight is 310 g/mol. The third-order valence-electron chi connectivity index (χ3n) is 3.80. The molecule has 1 aromatic rings. The van der Waals surface area contributed by atoms with Crippen LogP contribution in [0.15, 0.2) is 24.3 Å². The summed E-state index contributed by atoms with van der Waals surface area (Å²) >= 11 is 0. The predicted octanol–water partition coefficient (Wildman–Crippen LogP) is 1.53. The minimum atomic E-state index is -3.16. The summed E-state index contributed by atoms with van der Waals surface area (Å²) in [5.41, 5.74) is 1.81. The lowest BCUT2D eigenvalue weighted by Gasteiger charge is -2.33. The van der Waals surface area contributed by atoms with Crippen LogP contribution >= 0.6 is 0 Å². The summed E-state index contributed by atoms with van der Waals surface area (Å²) in [4.78, 5) is 14.2. The molecule has 1 fully saturated rings. The molecule has 1 aromatic carbocycles. The molecule has 1 heterocycles. The van der Waals surface area contributed by atoms with Crippen LogP contribution in [0.2, 0.25) is 0 Å². The molecule has 21 heavy (non-hydrogen) atoms. The Kier molecular flexibility index (Phi) is 4.68. The van der Waals surface area contributed by atoms with Crippen molar-refractivity contribution in [3.05, 3.63) is 35.4 Å². The van der Waals surface area contributed by atoms with Crippen LogP contribution in [0.25, 0.3) is 0 Å². The first kappa shape index (κ1) is 16.0. The van der Waals surface area contributed by atoms with E-state index in [4.69, 9.17) is 0 Å². The number of carbonyl (C=O) groups is 1. The maximum atomic E-state index is 12.5. The molecule has 0 unspecified atom stereocenters. The van der Waals surface area contributed by atoms with Crippen LogP contribution in [0.5, 0.6) is 0 Å². The number of benzene rings is 1. The van der Waals surface area contributed by atoms with Gasteiger partial charge in [0, 0.05) is 31.7 Å². The largest absolute Gasteiger partial charge is 0.336 e. The molecule has 0 bridgehead atoms. The number of amides is 1. The molecule has 0 aliphatic carbocycles. The van der Waals surface area contributed by atoms with E-state index in [9.17, 15) is 13.2 Å². The predicted molar refractivity (Wildman–Crippen MR) is 82.9 cm³/mol. The van der Waals surface area contributed by atoms with Gasteiger partial charge >= 0.3 is 0 Å². The Morgan fingerprint density at radius 2 is 1.76 bits per heavy atom. The molecule has 0 saturated carbocycles. The number of piperazine rings is 1. The first-order valence-corrected chi connectivity index (χ1v) is 8.98. The molecule has 1 amide bonds. The Balaban J connectivity index is 2.07. The van der Waals surface area contributed by atoms with Gasteiger partial charge < -0.3 is 4.90 Å². The zero-order valence-electron chi connectivity index (χ0n) is 12.7. The summed E-state index contributed by atoms with van der Waals surface area (Å²) in [6.45, 7) is 5.81. The highest BCUT2D eigenvalue weighted by molar-refractivity contribution is 7.88. The second-order valence-electron chi connectivity index (χ2n) is 5.73. The smallest absolute Gasteiger partial charge is 0.253 e. The van der Waals surface area contributed by atoms with Crippen molar-refractivity contribution >= 4 is 15.9 Å². The lowest BCUT2D eigenvalue weighted by atomic mass is 10.0. The zero-order chi connectivity index (χ0) is 15.6. The van der Waals surface area contributed by atoms with Crippen molar-refractivity contribution in [3.8, 4) is 0 Å². The van der Waals surface area contributed by atoms with Gasteiger partial charge in [0.25, 0.3) is 5.91 Å². The highest BCUT2D eigenvalue weighted by atomic mass is 32.2. The van der Waals surface area contributed by atoms with Gasteiger partial charge in [-0.3, -0.25) is 4.79 Å². The van der Waals surface area contributed by atoms with E-state index in [1.54, 1.807) is 4.90 Å². The summed E-state index contributed by atoms with van der Waals surface area (Å²) < 4.78 is 24.4. The molecular formula is C15H22N2O3S. The highest BCUT2D eigenvalue weighted by Gasteiger charge is 2.26. The van der Waals surface area contributed by atoms with E-state index in [1.807, 2.05) is 24.3 Å². The van der Waals surface area contributed by atoms with Crippen molar-refractivity contribution in [2.24, 2.45) is 0 Å². The fourth-order valence-electron chi connectivity index (χ4n) is 2.44. The molecule has 0 aromatic heterocycles. The number of hydrogen-bond donors (Lipinski definition) is 0. The summed E-state index contributed by atoms with van der Waals surface area (Å²) in [7, 11) is -3.16. The Bertz CT molecular complexity index is 618. The maximum absolute atomic E-state index is 12.5. The van der Waals surface area contributed by atoms with Crippen molar-refractivity contribution in [2.75, 3.05) is 32.4 Å². The van der Waals surface area contributed by atoms with Crippen LogP contribution in [0.4, 0.5) is 0 Å². The van der Waals surface area contributed by atoms with Gasteiger partial charge in [-0.05, 0) is 23.6 Å². The van der Waals surface area contributed by atoms with Crippen LogP contribution < -0.4 is 0 Å². The summed E-state index contributed by atoms with van der Waals surface area (Å²) in [5.74, 6) is 0.352. The molecule has 1 aliphatic heterocycles. The summed E-state index contributed by atoms with van der Waals surface area (Å²) in [6, 6.07) is 7.66. The Morgan fingerprint density at radius 1 is 1.14 bits per heavy atom. The van der Waals surface area contributed by atoms with E-state index in [2.05, 4.69) is 13.8 Å². The van der Waals surface area contributed by atoms with Crippen molar-refractivity contribution in [2.45, 2.75) is 19.8 Å². The van der Waals surface area contributed by atoms with Crippen molar-refractivity contribution in [1.29, 1.82) is 0 Å². The number of nitrogens with zero attached hydrogens (tertiary/aromatic N) is 2. The Labute approximate surface area is 126 Å². The monoisotopic (exact) mass is 310 g/mol. The molecule has 0 spiro atoms. The lowest BCUT2D eigenvalue weighted by molar-refractivity contribution is 0.0698. The fraction of sp³-hybridized carbons (Fsp3) is 0.533. The Hall–Kier alpha value is -1.40. The van der Waals surface area contributed by atoms with Crippen LogP contribution in [-0.2, 0) is 10.0 Å². The second-order valence-corrected chi connectivity index (χ2v) is 7.72. The molecule has 0 N–H and O–H groups in total. The molecule has 0 atom stereocenters. The van der Waals surface area contributed by atoms with E-state index < -0.39 is 10.0 Å². The maximum Gasteiger partial charge on any atom is 0.253 e. The zero-order valence-corrected chi connectivity index (χ0v) is 13.6.